The number of morpholine rings is 1. The fraction of sp³-hybridized carbons (Fsp3) is 0.409. The molecule has 2 aromatic rings. The number of nitrogens with zero attached hydrogens (tertiary/aromatic N) is 2. The molecule has 162 valence electrons. The Morgan fingerprint density at radius 1 is 1.10 bits per heavy atom. The molecular formula is C22H29N3O4S. The fourth-order valence-electron chi connectivity index (χ4n) is 3.59. The molecule has 1 fully saturated rings. The van der Waals surface area contributed by atoms with Crippen LogP contribution in [0.25, 0.3) is 0 Å². The van der Waals surface area contributed by atoms with Crippen LogP contribution in [0.5, 0.6) is 0 Å². The van der Waals surface area contributed by atoms with Gasteiger partial charge in [-0.2, -0.15) is 0 Å². The first-order valence-corrected chi connectivity index (χ1v) is 12.0. The number of amides is 1. The van der Waals surface area contributed by atoms with Crippen molar-refractivity contribution in [2.24, 2.45) is 0 Å². The third-order valence-corrected chi connectivity index (χ3v) is 6.30. The molecule has 0 unspecified atom stereocenters. The molecule has 0 saturated carbocycles. The highest BCUT2D eigenvalue weighted by atomic mass is 32.2. The van der Waals surface area contributed by atoms with Gasteiger partial charge in [0.05, 0.1) is 25.2 Å². The van der Waals surface area contributed by atoms with Crippen molar-refractivity contribution in [3.8, 4) is 0 Å². The van der Waals surface area contributed by atoms with Gasteiger partial charge in [-0.1, -0.05) is 37.3 Å². The van der Waals surface area contributed by atoms with Crippen molar-refractivity contribution in [3.63, 3.8) is 0 Å². The van der Waals surface area contributed by atoms with Crippen LogP contribution in [-0.4, -0.2) is 52.9 Å². The molecule has 1 atom stereocenters. The van der Waals surface area contributed by atoms with E-state index in [1.807, 2.05) is 37.3 Å². The summed E-state index contributed by atoms with van der Waals surface area (Å²) >= 11 is 0. The maximum absolute atomic E-state index is 12.9. The smallest absolute Gasteiger partial charge is 0.244 e. The van der Waals surface area contributed by atoms with Crippen molar-refractivity contribution in [3.05, 3.63) is 60.2 Å². The lowest BCUT2D eigenvalue weighted by Gasteiger charge is -2.30. The second-order valence-electron chi connectivity index (χ2n) is 7.30. The van der Waals surface area contributed by atoms with E-state index < -0.39 is 16.1 Å². The Hall–Kier alpha value is -2.58. The number of rotatable bonds is 8. The summed E-state index contributed by atoms with van der Waals surface area (Å²) in [6, 6.07) is 16.0. The summed E-state index contributed by atoms with van der Waals surface area (Å²) < 4.78 is 31.4. The lowest BCUT2D eigenvalue weighted by atomic mass is 10.1. The minimum Gasteiger partial charge on any atom is -0.378 e. The Kier molecular flexibility index (Phi) is 7.33. The number of sulfonamides is 1. The summed E-state index contributed by atoms with van der Waals surface area (Å²) in [5.74, 6) is -0.316. The summed E-state index contributed by atoms with van der Waals surface area (Å²) in [5, 5.41) is 2.89. The summed E-state index contributed by atoms with van der Waals surface area (Å²) in [5.41, 5.74) is 2.57. The zero-order valence-corrected chi connectivity index (χ0v) is 18.3. The number of nitrogens with one attached hydrogen (secondary N) is 1. The van der Waals surface area contributed by atoms with Crippen molar-refractivity contribution in [2.75, 3.05) is 41.8 Å². The SMILES string of the molecule is CC[C@H](C(=O)NCc1ccc(N2CCOCC2)cc1)N(c1ccccc1)S(C)(=O)=O. The van der Waals surface area contributed by atoms with Crippen LogP contribution < -0.4 is 14.5 Å². The standard InChI is InChI=1S/C22H29N3O4S/c1-3-21(25(30(2,27)28)20-7-5-4-6-8-20)22(26)23-17-18-9-11-19(12-10-18)24-13-15-29-16-14-24/h4-12,21H,3,13-17H2,1-2H3,(H,23,26)/t21-/m1/s1. The molecule has 1 heterocycles. The Morgan fingerprint density at radius 3 is 2.30 bits per heavy atom. The Morgan fingerprint density at radius 2 is 1.73 bits per heavy atom. The van der Waals surface area contributed by atoms with Crippen LogP contribution in [0.2, 0.25) is 0 Å². The van der Waals surface area contributed by atoms with Crippen LogP contribution in [0, 0.1) is 0 Å². The molecule has 0 aromatic heterocycles. The topological polar surface area (TPSA) is 79.0 Å². The van der Waals surface area contributed by atoms with E-state index in [9.17, 15) is 13.2 Å². The Bertz CT molecular complexity index is 927. The van der Waals surface area contributed by atoms with E-state index in [1.165, 1.54) is 4.31 Å². The predicted octanol–water partition coefficient (Wildman–Crippen LogP) is 2.38. The van der Waals surface area contributed by atoms with Gasteiger partial charge in [0.1, 0.15) is 6.04 Å². The third-order valence-electron chi connectivity index (χ3n) is 5.12. The number of anilines is 2. The van der Waals surface area contributed by atoms with Gasteiger partial charge in [-0.15, -0.1) is 0 Å². The Balaban J connectivity index is 1.67. The van der Waals surface area contributed by atoms with Crippen LogP contribution >= 0.6 is 0 Å². The quantitative estimate of drug-likeness (QED) is 0.694. The molecule has 1 N–H and O–H groups in total. The predicted molar refractivity (Wildman–Crippen MR) is 119 cm³/mol. The maximum Gasteiger partial charge on any atom is 0.244 e. The van der Waals surface area contributed by atoms with Gasteiger partial charge in [-0.05, 0) is 36.2 Å². The van der Waals surface area contributed by atoms with E-state index in [0.29, 0.717) is 18.7 Å². The first kappa shape index (κ1) is 22.1. The molecular weight excluding hydrogens is 402 g/mol. The van der Waals surface area contributed by atoms with Crippen LogP contribution in [0.4, 0.5) is 11.4 Å². The molecule has 2 aromatic carbocycles. The van der Waals surface area contributed by atoms with Gasteiger partial charge in [0.25, 0.3) is 0 Å². The van der Waals surface area contributed by atoms with Gasteiger partial charge in [0.2, 0.25) is 15.9 Å². The van der Waals surface area contributed by atoms with E-state index in [1.54, 1.807) is 24.3 Å². The van der Waals surface area contributed by atoms with Gasteiger partial charge in [0, 0.05) is 25.3 Å². The van der Waals surface area contributed by atoms with Gasteiger partial charge in [-0.25, -0.2) is 8.42 Å². The molecule has 8 heteroatoms. The molecule has 1 saturated heterocycles. The molecule has 1 aliphatic rings. The first-order valence-electron chi connectivity index (χ1n) is 10.1. The highest BCUT2D eigenvalue weighted by molar-refractivity contribution is 7.92. The van der Waals surface area contributed by atoms with Gasteiger partial charge in [-0.3, -0.25) is 9.10 Å². The Labute approximate surface area is 178 Å². The third kappa shape index (κ3) is 5.52. The second-order valence-corrected chi connectivity index (χ2v) is 9.16. The van der Waals surface area contributed by atoms with E-state index in [-0.39, 0.29) is 5.91 Å². The fourth-order valence-corrected chi connectivity index (χ4v) is 4.80. The monoisotopic (exact) mass is 431 g/mol. The van der Waals surface area contributed by atoms with Gasteiger partial charge in [0.15, 0.2) is 0 Å². The minimum atomic E-state index is -3.62. The molecule has 1 aliphatic heterocycles. The normalized spacial score (nSPS) is 15.5. The second kappa shape index (κ2) is 9.95. The van der Waals surface area contributed by atoms with Crippen LogP contribution in [0.15, 0.2) is 54.6 Å². The summed E-state index contributed by atoms with van der Waals surface area (Å²) in [4.78, 5) is 15.2. The molecule has 30 heavy (non-hydrogen) atoms. The van der Waals surface area contributed by atoms with Crippen LogP contribution in [-0.2, 0) is 26.1 Å². The average Bonchev–Trinajstić information content (AvgIpc) is 2.76. The van der Waals surface area contributed by atoms with Crippen molar-refractivity contribution in [1.29, 1.82) is 0 Å². The van der Waals surface area contributed by atoms with E-state index in [4.69, 9.17) is 4.74 Å². The van der Waals surface area contributed by atoms with Gasteiger partial charge >= 0.3 is 0 Å². The first-order chi connectivity index (χ1) is 14.4. The summed E-state index contributed by atoms with van der Waals surface area (Å²) in [7, 11) is -3.62. The minimum absolute atomic E-state index is 0.316. The zero-order valence-electron chi connectivity index (χ0n) is 17.5. The lowest BCUT2D eigenvalue weighted by molar-refractivity contribution is -0.122. The molecule has 7 nitrogen and oxygen atoms in total. The number of carbonyl (C=O) groups excluding carboxylic acids is 1. The molecule has 0 bridgehead atoms. The number of benzene rings is 2. The van der Waals surface area contributed by atoms with E-state index >= 15 is 0 Å². The van der Waals surface area contributed by atoms with Crippen molar-refractivity contribution in [1.82, 2.24) is 5.32 Å². The maximum atomic E-state index is 12.9. The highest BCUT2D eigenvalue weighted by Gasteiger charge is 2.31. The molecule has 3 rings (SSSR count). The van der Waals surface area contributed by atoms with E-state index in [0.717, 1.165) is 43.8 Å². The molecule has 1 amide bonds. The van der Waals surface area contributed by atoms with Crippen molar-refractivity contribution in [2.45, 2.75) is 25.9 Å². The average molecular weight is 432 g/mol. The molecule has 0 radical (unpaired) electrons. The number of carbonyl (C=O) groups is 1. The molecule has 0 aliphatic carbocycles. The summed E-state index contributed by atoms with van der Waals surface area (Å²) in [6.07, 6.45) is 1.49. The van der Waals surface area contributed by atoms with Crippen molar-refractivity contribution >= 4 is 27.3 Å². The molecule has 0 spiro atoms. The van der Waals surface area contributed by atoms with Crippen molar-refractivity contribution < 1.29 is 17.9 Å². The lowest BCUT2D eigenvalue weighted by Crippen LogP contribution is -2.49. The number of hydrogen-bond acceptors (Lipinski definition) is 5. The summed E-state index contributed by atoms with van der Waals surface area (Å²) in [6.45, 7) is 5.35. The number of hydrogen-bond donors (Lipinski definition) is 1. The highest BCUT2D eigenvalue weighted by Crippen LogP contribution is 2.22. The van der Waals surface area contributed by atoms with E-state index in [2.05, 4.69) is 10.2 Å². The number of ether oxygens (including phenoxy) is 1. The zero-order chi connectivity index (χ0) is 21.6. The van der Waals surface area contributed by atoms with Crippen LogP contribution in [0.1, 0.15) is 18.9 Å². The van der Waals surface area contributed by atoms with Crippen LogP contribution in [0.3, 0.4) is 0 Å². The number of para-hydroxylation sites is 1. The largest absolute Gasteiger partial charge is 0.378 e. The van der Waals surface area contributed by atoms with Gasteiger partial charge < -0.3 is 15.0 Å².